The van der Waals surface area contributed by atoms with Gasteiger partial charge in [-0.3, -0.25) is 4.79 Å². The van der Waals surface area contributed by atoms with E-state index in [0.717, 1.165) is 12.1 Å². The Morgan fingerprint density at radius 1 is 1.06 bits per heavy atom. The van der Waals surface area contributed by atoms with Gasteiger partial charge >= 0.3 is 12.3 Å². The fourth-order valence-corrected chi connectivity index (χ4v) is 3.53. The molecule has 0 fully saturated rings. The Morgan fingerprint density at radius 3 is 2.25 bits per heavy atom. The molecule has 0 unspecified atom stereocenters. The van der Waals surface area contributed by atoms with E-state index in [-0.39, 0.29) is 12.1 Å². The van der Waals surface area contributed by atoms with Gasteiger partial charge in [-0.25, -0.2) is 4.79 Å². The molecule has 0 aliphatic carbocycles. The second kappa shape index (κ2) is 8.50. The molecule has 5 nitrogen and oxygen atoms in total. The van der Waals surface area contributed by atoms with Crippen molar-refractivity contribution in [3.63, 3.8) is 0 Å². The van der Waals surface area contributed by atoms with Crippen LogP contribution < -0.4 is 10.9 Å². The number of amides is 1. The Morgan fingerprint density at radius 2 is 1.69 bits per heavy atom. The molecule has 1 heterocycles. The summed E-state index contributed by atoms with van der Waals surface area (Å²) in [4.78, 5) is 25.1. The van der Waals surface area contributed by atoms with E-state index in [9.17, 15) is 22.8 Å². The van der Waals surface area contributed by atoms with Crippen molar-refractivity contribution in [3.05, 3.63) is 69.1 Å². The molecule has 32 heavy (non-hydrogen) atoms. The van der Waals surface area contributed by atoms with Gasteiger partial charge in [0.05, 0.1) is 12.1 Å². The lowest BCUT2D eigenvalue weighted by Gasteiger charge is -2.22. The number of aromatic nitrogens is 1. The van der Waals surface area contributed by atoms with E-state index >= 15 is 0 Å². The highest BCUT2D eigenvalue weighted by atomic mass is 35.5. The minimum atomic E-state index is -4.48. The third-order valence-electron chi connectivity index (χ3n) is 4.78. The minimum absolute atomic E-state index is 0.0839. The maximum atomic E-state index is 13.0. The number of carbonyl (C=O) groups is 1. The third-order valence-corrected chi connectivity index (χ3v) is 5.01. The quantitative estimate of drug-likeness (QED) is 0.522. The summed E-state index contributed by atoms with van der Waals surface area (Å²) < 4.78 is 45.7. The second-order valence-corrected chi connectivity index (χ2v) is 8.74. The second-order valence-electron chi connectivity index (χ2n) is 8.31. The Balaban J connectivity index is 2.18. The lowest BCUT2D eigenvalue weighted by Crippen LogP contribution is -2.34. The minimum Gasteiger partial charge on any atom is -0.444 e. The number of benzene rings is 2. The van der Waals surface area contributed by atoms with Crippen LogP contribution in [0.15, 0.2) is 47.3 Å². The lowest BCUT2D eigenvalue weighted by atomic mass is 9.95. The zero-order valence-corrected chi connectivity index (χ0v) is 18.7. The Labute approximate surface area is 187 Å². The van der Waals surface area contributed by atoms with Crippen LogP contribution in [0.1, 0.15) is 32.0 Å². The first kappa shape index (κ1) is 23.7. The van der Waals surface area contributed by atoms with Crippen molar-refractivity contribution in [2.45, 2.75) is 39.1 Å². The summed E-state index contributed by atoms with van der Waals surface area (Å²) in [6.07, 6.45) is -5.16. The van der Waals surface area contributed by atoms with Crippen molar-refractivity contribution < 1.29 is 22.7 Å². The van der Waals surface area contributed by atoms with Crippen LogP contribution in [0.3, 0.4) is 0 Å². The van der Waals surface area contributed by atoms with Crippen molar-refractivity contribution in [2.75, 3.05) is 0 Å². The van der Waals surface area contributed by atoms with Crippen LogP contribution in [0.25, 0.3) is 21.9 Å². The van der Waals surface area contributed by atoms with E-state index in [4.69, 9.17) is 16.3 Å². The number of nitrogens with zero attached hydrogens (tertiary/aromatic N) is 1. The topological polar surface area (TPSA) is 60.3 Å². The summed E-state index contributed by atoms with van der Waals surface area (Å²) in [5, 5.41) is 3.81. The zero-order chi connectivity index (χ0) is 23.8. The summed E-state index contributed by atoms with van der Waals surface area (Å²) in [7, 11) is 1.54. The number of rotatable bonds is 3. The predicted octanol–water partition coefficient (Wildman–Crippen LogP) is 5.90. The summed E-state index contributed by atoms with van der Waals surface area (Å²) in [6, 6.07) is 9.34. The van der Waals surface area contributed by atoms with Crippen LogP contribution in [-0.4, -0.2) is 16.3 Å². The number of carbonyl (C=O) groups excluding carboxylic acids is 1. The van der Waals surface area contributed by atoms with E-state index < -0.39 is 23.4 Å². The van der Waals surface area contributed by atoms with Crippen LogP contribution in [0, 0.1) is 0 Å². The number of hydrogen-bond donors (Lipinski definition) is 1. The summed E-state index contributed by atoms with van der Waals surface area (Å²) in [5.41, 5.74) is -0.495. The molecule has 170 valence electrons. The van der Waals surface area contributed by atoms with Crippen LogP contribution in [-0.2, 0) is 24.5 Å². The van der Waals surface area contributed by atoms with Gasteiger partial charge in [0.1, 0.15) is 5.60 Å². The summed E-state index contributed by atoms with van der Waals surface area (Å²) in [5.74, 6) is 0. The number of ether oxygens (including phenoxy) is 1. The highest BCUT2D eigenvalue weighted by Crippen LogP contribution is 2.35. The monoisotopic (exact) mass is 466 g/mol. The van der Waals surface area contributed by atoms with Gasteiger partial charge < -0.3 is 14.6 Å². The van der Waals surface area contributed by atoms with Crippen molar-refractivity contribution in [1.29, 1.82) is 0 Å². The van der Waals surface area contributed by atoms with Gasteiger partial charge in [0.2, 0.25) is 0 Å². The lowest BCUT2D eigenvalue weighted by molar-refractivity contribution is -0.137. The van der Waals surface area contributed by atoms with Crippen molar-refractivity contribution >= 4 is 28.5 Å². The average molecular weight is 467 g/mol. The molecular weight excluding hydrogens is 445 g/mol. The van der Waals surface area contributed by atoms with Crippen molar-refractivity contribution in [2.24, 2.45) is 7.05 Å². The molecule has 1 N–H and O–H groups in total. The van der Waals surface area contributed by atoms with E-state index in [1.54, 1.807) is 39.0 Å². The van der Waals surface area contributed by atoms with Crippen LogP contribution in [0.5, 0.6) is 0 Å². The van der Waals surface area contributed by atoms with Gasteiger partial charge in [0, 0.05) is 28.7 Å². The standard InChI is InChI=1S/C23H22ClF3N2O3/c1-22(2,3)32-21(31)28-12-18-19(13-5-7-14(8-6-13)23(25,26)27)17-11-15(24)9-10-16(17)20(30)29(18)4/h5-11H,12H2,1-4H3,(H,28,31). The number of pyridine rings is 1. The van der Waals surface area contributed by atoms with Gasteiger partial charge in [-0.2, -0.15) is 13.2 Å². The first-order valence-electron chi connectivity index (χ1n) is 9.73. The van der Waals surface area contributed by atoms with E-state index in [1.165, 1.54) is 23.7 Å². The Hall–Kier alpha value is -3.00. The Bertz CT molecular complexity index is 1230. The molecule has 0 spiro atoms. The largest absolute Gasteiger partial charge is 0.444 e. The molecule has 0 radical (unpaired) electrons. The molecule has 3 rings (SSSR count). The predicted molar refractivity (Wildman–Crippen MR) is 118 cm³/mol. The molecule has 0 aliphatic heterocycles. The van der Waals surface area contributed by atoms with Gasteiger partial charge in [0.15, 0.2) is 0 Å². The number of hydrogen-bond acceptors (Lipinski definition) is 3. The molecular formula is C23H22ClF3N2O3. The Kier molecular flexibility index (Phi) is 6.29. The van der Waals surface area contributed by atoms with E-state index in [1.807, 2.05) is 0 Å². The van der Waals surface area contributed by atoms with Crippen LogP contribution >= 0.6 is 11.6 Å². The molecule has 0 bridgehead atoms. The molecule has 2 aromatic carbocycles. The highest BCUT2D eigenvalue weighted by molar-refractivity contribution is 6.31. The normalized spacial score (nSPS) is 12.1. The first-order chi connectivity index (χ1) is 14.8. The molecule has 0 aliphatic rings. The number of alkyl halides is 3. The number of alkyl carbamates (subject to hydrolysis) is 1. The molecule has 3 aromatic rings. The molecule has 9 heteroatoms. The third kappa shape index (κ3) is 5.07. The maximum absolute atomic E-state index is 13.0. The average Bonchev–Trinajstić information content (AvgIpc) is 2.67. The molecule has 0 atom stereocenters. The van der Waals surface area contributed by atoms with Gasteiger partial charge in [-0.05, 0) is 62.1 Å². The first-order valence-corrected chi connectivity index (χ1v) is 10.1. The number of halogens is 4. The number of nitrogens with one attached hydrogen (secondary N) is 1. The molecule has 1 aromatic heterocycles. The van der Waals surface area contributed by atoms with Crippen LogP contribution in [0.2, 0.25) is 5.02 Å². The SMILES string of the molecule is Cn1c(CNC(=O)OC(C)(C)C)c(-c2ccc(C(F)(F)F)cc2)c2cc(Cl)ccc2c1=O. The molecule has 0 saturated heterocycles. The highest BCUT2D eigenvalue weighted by Gasteiger charge is 2.30. The number of fused-ring (bicyclic) bond motifs is 1. The van der Waals surface area contributed by atoms with E-state index in [2.05, 4.69) is 5.32 Å². The fraction of sp³-hybridized carbons (Fsp3) is 0.304. The smallest absolute Gasteiger partial charge is 0.416 e. The summed E-state index contributed by atoms with van der Waals surface area (Å²) >= 11 is 6.16. The van der Waals surface area contributed by atoms with Crippen molar-refractivity contribution in [3.8, 4) is 11.1 Å². The van der Waals surface area contributed by atoms with Gasteiger partial charge in [-0.1, -0.05) is 23.7 Å². The fourth-order valence-electron chi connectivity index (χ4n) is 3.36. The van der Waals surface area contributed by atoms with E-state index in [0.29, 0.717) is 32.6 Å². The van der Waals surface area contributed by atoms with Crippen LogP contribution in [0.4, 0.5) is 18.0 Å². The maximum Gasteiger partial charge on any atom is 0.416 e. The summed E-state index contributed by atoms with van der Waals surface area (Å²) in [6.45, 7) is 5.06. The van der Waals surface area contributed by atoms with Gasteiger partial charge in [0.25, 0.3) is 5.56 Å². The van der Waals surface area contributed by atoms with Gasteiger partial charge in [-0.15, -0.1) is 0 Å². The zero-order valence-electron chi connectivity index (χ0n) is 17.9. The van der Waals surface area contributed by atoms with Crippen molar-refractivity contribution in [1.82, 2.24) is 9.88 Å². The molecule has 0 saturated carbocycles. The molecule has 1 amide bonds.